The van der Waals surface area contributed by atoms with Crippen LogP contribution >= 0.6 is 0 Å². The Morgan fingerprint density at radius 1 is 1.03 bits per heavy atom. The van der Waals surface area contributed by atoms with Crippen LogP contribution < -0.4 is 11.2 Å². The average molecular weight is 576 g/mol. The Morgan fingerprint density at radius 3 is 2.18 bits per heavy atom. The van der Waals surface area contributed by atoms with Crippen molar-refractivity contribution >= 4 is 32.1 Å². The van der Waals surface area contributed by atoms with Crippen LogP contribution in [0.4, 0.5) is 0 Å². The van der Waals surface area contributed by atoms with E-state index in [1.54, 1.807) is 17.7 Å². The second-order valence-corrected chi connectivity index (χ2v) is 22.6. The number of hydrogen-bond acceptors (Lipinski definition) is 6. The molecule has 1 N–H and O–H groups in total. The van der Waals surface area contributed by atoms with Gasteiger partial charge >= 0.3 is 211 Å². The average Bonchev–Trinajstić information content (AvgIpc) is 3.21. The molecule has 192 valence electrons. The zero-order valence-electron chi connectivity index (χ0n) is 21.8. The van der Waals surface area contributed by atoms with E-state index in [4.69, 9.17) is 17.7 Å². The summed E-state index contributed by atoms with van der Waals surface area (Å²) in [5.41, 5.74) is 0.104. The van der Waals surface area contributed by atoms with E-state index in [0.29, 0.717) is 12.2 Å². The summed E-state index contributed by atoms with van der Waals surface area (Å²) in [6.07, 6.45) is 0.976. The van der Waals surface area contributed by atoms with Crippen molar-refractivity contribution in [1.29, 1.82) is 0 Å². The summed E-state index contributed by atoms with van der Waals surface area (Å²) < 4.78 is 29.9. The second-order valence-electron chi connectivity index (χ2n) is 11.3. The minimum atomic E-state index is -2.76. The molecule has 11 heteroatoms. The molecular weight excluding hydrogens is 535 g/mol. The third-order valence-electron chi connectivity index (χ3n) is 7.78. The van der Waals surface area contributed by atoms with Crippen LogP contribution in [0.1, 0.15) is 67.2 Å². The van der Waals surface area contributed by atoms with Gasteiger partial charge in [-0.2, -0.15) is 0 Å². The Balaban J connectivity index is 1.84. The number of ether oxygens (including phenoxy) is 1. The quantitative estimate of drug-likeness (QED) is 0.534. The summed E-state index contributed by atoms with van der Waals surface area (Å²) in [5.74, 6) is 0. The monoisotopic (exact) mass is 576 g/mol. The molecule has 0 amide bonds. The van der Waals surface area contributed by atoms with Gasteiger partial charge < -0.3 is 0 Å². The van der Waals surface area contributed by atoms with Crippen LogP contribution in [-0.4, -0.2) is 59.9 Å². The van der Waals surface area contributed by atoms with Crippen molar-refractivity contribution in [3.8, 4) is 0 Å². The van der Waals surface area contributed by atoms with Gasteiger partial charge in [0, 0.05) is 0 Å². The molecule has 0 aliphatic carbocycles. The van der Waals surface area contributed by atoms with E-state index in [0.717, 1.165) is 5.32 Å². The van der Waals surface area contributed by atoms with Crippen LogP contribution in [0.5, 0.6) is 0 Å². The number of rotatable bonds is 5. The molecule has 2 bridgehead atoms. The maximum atomic E-state index is 12.8. The predicted octanol–water partition coefficient (Wildman–Crippen LogP) is 3.99. The van der Waals surface area contributed by atoms with Crippen molar-refractivity contribution in [3.63, 3.8) is 0 Å². The molecule has 3 aliphatic heterocycles. The fraction of sp³-hybridized carbons (Fsp3) is 0.826. The van der Waals surface area contributed by atoms with Gasteiger partial charge in [0.15, 0.2) is 0 Å². The van der Waals surface area contributed by atoms with E-state index in [-0.39, 0.29) is 53.6 Å². The second kappa shape index (κ2) is 9.09. The molecule has 34 heavy (non-hydrogen) atoms. The summed E-state index contributed by atoms with van der Waals surface area (Å²) in [7, 11) is -5.42. The van der Waals surface area contributed by atoms with E-state index in [9.17, 15) is 9.59 Å². The Labute approximate surface area is 210 Å². The number of aryl methyl sites for hydroxylation is 1. The van der Waals surface area contributed by atoms with Gasteiger partial charge in [0.25, 0.3) is 0 Å². The first-order valence-electron chi connectivity index (χ1n) is 12.4. The van der Waals surface area contributed by atoms with Gasteiger partial charge in [-0.05, 0) is 0 Å². The van der Waals surface area contributed by atoms with Crippen LogP contribution in [0.15, 0.2) is 15.8 Å². The van der Waals surface area contributed by atoms with E-state index in [1.807, 2.05) is 0 Å². The van der Waals surface area contributed by atoms with Crippen molar-refractivity contribution in [2.24, 2.45) is 0 Å². The molecule has 0 aromatic carbocycles. The van der Waals surface area contributed by atoms with Gasteiger partial charge in [-0.25, -0.2) is 0 Å². The molecule has 3 saturated heterocycles. The van der Waals surface area contributed by atoms with Gasteiger partial charge in [0.2, 0.25) is 0 Å². The van der Waals surface area contributed by atoms with Crippen molar-refractivity contribution in [1.82, 2.24) is 9.55 Å². The zero-order valence-corrected chi connectivity index (χ0v) is 25.6. The molecule has 3 fully saturated rings. The summed E-state index contributed by atoms with van der Waals surface area (Å²) >= 11 is 0.207. The molecule has 0 radical (unpaired) electrons. The summed E-state index contributed by atoms with van der Waals surface area (Å²) in [4.78, 5) is 27.3. The molecule has 0 spiro atoms. The standard InChI is InChI=1S/C23H40N2O6SeSi2/c1-13(2)33(14(3)4)28-11-23-12-32-18(19(23)30-34(31-33,15(5)6)16(7)8)21(29-23)25-10-17(9)20(26)24-22(25)27/h10,13-16,18-19,21H,11-12H2,1-9H3,(H,24,26,27)/t18?,19?,21-,23+/m1/s1. The van der Waals surface area contributed by atoms with Crippen LogP contribution in [0.25, 0.3) is 0 Å². The minimum absolute atomic E-state index is 0.0549. The number of aromatic nitrogens is 2. The molecule has 1 aromatic heterocycles. The van der Waals surface area contributed by atoms with Crippen LogP contribution in [0.2, 0.25) is 32.3 Å². The van der Waals surface area contributed by atoms with E-state index >= 15 is 0 Å². The van der Waals surface area contributed by atoms with Crippen molar-refractivity contribution < 1.29 is 17.7 Å². The van der Waals surface area contributed by atoms with Crippen molar-refractivity contribution in [3.05, 3.63) is 32.6 Å². The fourth-order valence-corrected chi connectivity index (χ4v) is 20.7. The number of hydrogen-bond donors (Lipinski definition) is 1. The van der Waals surface area contributed by atoms with Crippen LogP contribution in [0.3, 0.4) is 0 Å². The molecule has 3 aliphatic rings. The van der Waals surface area contributed by atoms with Crippen molar-refractivity contribution in [2.45, 2.75) is 113 Å². The molecule has 2 unspecified atom stereocenters. The zero-order chi connectivity index (χ0) is 25.2. The van der Waals surface area contributed by atoms with Gasteiger partial charge in [0.05, 0.1) is 0 Å². The SMILES string of the molecule is Cc1cn([C@@H]2O[C@]34CO[Si](C(C)C)(C(C)C)O[Si](C(C)C)(C(C)C)OC3C2[Se]C4)c(=O)[nH]c1=O. The van der Waals surface area contributed by atoms with E-state index < -0.39 is 34.6 Å². The van der Waals surface area contributed by atoms with Gasteiger partial charge in [-0.15, -0.1) is 0 Å². The van der Waals surface area contributed by atoms with Gasteiger partial charge in [0.1, 0.15) is 0 Å². The normalized spacial score (nSPS) is 32.4. The van der Waals surface area contributed by atoms with E-state index in [1.165, 1.54) is 0 Å². The van der Waals surface area contributed by atoms with Crippen LogP contribution in [-0.2, 0) is 17.7 Å². The molecule has 8 nitrogen and oxygen atoms in total. The number of nitrogens with one attached hydrogen (secondary N) is 1. The Hall–Kier alpha value is -0.527. The number of aromatic amines is 1. The Bertz CT molecular complexity index is 1030. The van der Waals surface area contributed by atoms with Gasteiger partial charge in [-0.1, -0.05) is 0 Å². The Morgan fingerprint density at radius 2 is 1.62 bits per heavy atom. The summed E-state index contributed by atoms with van der Waals surface area (Å²) in [5, 5.41) is 0.893. The first-order valence-corrected chi connectivity index (χ1v) is 18.6. The predicted molar refractivity (Wildman–Crippen MR) is 137 cm³/mol. The molecule has 4 rings (SSSR count). The van der Waals surface area contributed by atoms with Crippen molar-refractivity contribution in [2.75, 3.05) is 6.61 Å². The first kappa shape index (κ1) is 26.5. The maximum absolute atomic E-state index is 12.8. The van der Waals surface area contributed by atoms with E-state index in [2.05, 4.69) is 60.4 Å². The molecule has 4 heterocycles. The summed E-state index contributed by atoms with van der Waals surface area (Å²) in [6.45, 7) is 19.9. The summed E-state index contributed by atoms with van der Waals surface area (Å²) in [6, 6.07) is 0. The topological polar surface area (TPSA) is 91.8 Å². The third kappa shape index (κ3) is 3.91. The van der Waals surface area contributed by atoms with Gasteiger partial charge in [-0.3, -0.25) is 0 Å². The number of H-pyrrole nitrogens is 1. The first-order chi connectivity index (χ1) is 15.8. The third-order valence-corrected chi connectivity index (χ3v) is 21.2. The molecule has 1 aromatic rings. The molecule has 0 saturated carbocycles. The molecule has 4 atom stereocenters. The Kier molecular flexibility index (Phi) is 7.10. The van der Waals surface area contributed by atoms with Crippen LogP contribution in [0, 0.1) is 6.92 Å². The number of nitrogens with zero attached hydrogens (tertiary/aromatic N) is 1. The fourth-order valence-electron chi connectivity index (χ4n) is 5.82. The molecular formula is C23H40N2O6SeSi2.